The lowest BCUT2D eigenvalue weighted by Gasteiger charge is -2.32. The van der Waals surface area contributed by atoms with E-state index in [0.29, 0.717) is 18.7 Å². The van der Waals surface area contributed by atoms with E-state index in [1.54, 1.807) is 12.2 Å². The van der Waals surface area contributed by atoms with E-state index < -0.39 is 7.12 Å². The Labute approximate surface area is 96.7 Å². The predicted molar refractivity (Wildman–Crippen MR) is 64.6 cm³/mol. The SMILES string of the molecule is C=C/C=C(B(O)O)\C(=C/C)N1CCOCC1. The zero-order valence-corrected chi connectivity index (χ0v) is 9.59. The fourth-order valence-electron chi connectivity index (χ4n) is 1.77. The zero-order valence-electron chi connectivity index (χ0n) is 9.59. The molecule has 1 rings (SSSR count). The molecule has 1 fully saturated rings. The zero-order chi connectivity index (χ0) is 12.0. The standard InChI is InChI=1S/C11H18BNO3/c1-3-5-10(12(14)15)11(4-2)13-6-8-16-9-7-13/h3-5,14-15H,1,6-9H2,2H3/b10-5+,11-4+. The molecule has 0 atom stereocenters. The lowest BCUT2D eigenvalue weighted by molar-refractivity contribution is 0.0548. The summed E-state index contributed by atoms with van der Waals surface area (Å²) in [5, 5.41) is 18.6. The van der Waals surface area contributed by atoms with Gasteiger partial charge in [0.25, 0.3) is 0 Å². The van der Waals surface area contributed by atoms with Crippen LogP contribution in [0.1, 0.15) is 6.92 Å². The highest BCUT2D eigenvalue weighted by molar-refractivity contribution is 6.52. The van der Waals surface area contributed by atoms with Crippen molar-refractivity contribution in [1.82, 2.24) is 4.90 Å². The van der Waals surface area contributed by atoms with Gasteiger partial charge in [0, 0.05) is 24.3 Å². The molecule has 5 heteroatoms. The molecule has 0 bridgehead atoms. The van der Waals surface area contributed by atoms with Crippen LogP contribution in [0.3, 0.4) is 0 Å². The third kappa shape index (κ3) is 3.23. The third-order valence-corrected chi connectivity index (χ3v) is 2.50. The Balaban J connectivity index is 2.86. The summed E-state index contributed by atoms with van der Waals surface area (Å²) in [6.45, 7) is 8.32. The van der Waals surface area contributed by atoms with Gasteiger partial charge in [0.15, 0.2) is 0 Å². The Bertz CT molecular complexity index is 294. The van der Waals surface area contributed by atoms with Gasteiger partial charge in [0.2, 0.25) is 0 Å². The summed E-state index contributed by atoms with van der Waals surface area (Å²) < 4.78 is 5.26. The summed E-state index contributed by atoms with van der Waals surface area (Å²) in [7, 11) is -1.48. The average molecular weight is 223 g/mol. The molecule has 16 heavy (non-hydrogen) atoms. The maximum atomic E-state index is 9.32. The number of nitrogens with zero attached hydrogens (tertiary/aromatic N) is 1. The number of rotatable bonds is 4. The highest BCUT2D eigenvalue weighted by Gasteiger charge is 2.23. The molecular formula is C11H18BNO3. The van der Waals surface area contributed by atoms with Crippen molar-refractivity contribution in [3.05, 3.63) is 36.0 Å². The summed E-state index contributed by atoms with van der Waals surface area (Å²) in [6, 6.07) is 0. The molecule has 4 nitrogen and oxygen atoms in total. The van der Waals surface area contributed by atoms with Crippen LogP contribution in [-0.4, -0.2) is 48.4 Å². The van der Waals surface area contributed by atoms with Crippen molar-refractivity contribution in [2.24, 2.45) is 0 Å². The van der Waals surface area contributed by atoms with Gasteiger partial charge in [-0.1, -0.05) is 24.8 Å². The van der Waals surface area contributed by atoms with E-state index in [0.717, 1.165) is 18.8 Å². The maximum Gasteiger partial charge on any atom is 0.490 e. The van der Waals surface area contributed by atoms with Crippen LogP contribution in [0.2, 0.25) is 0 Å². The van der Waals surface area contributed by atoms with Gasteiger partial charge in [0.05, 0.1) is 13.2 Å². The van der Waals surface area contributed by atoms with Crippen molar-refractivity contribution < 1.29 is 14.8 Å². The Kier molecular flexibility index (Phi) is 5.32. The third-order valence-electron chi connectivity index (χ3n) is 2.50. The van der Waals surface area contributed by atoms with Crippen molar-refractivity contribution in [2.45, 2.75) is 6.92 Å². The van der Waals surface area contributed by atoms with Crippen molar-refractivity contribution in [2.75, 3.05) is 26.3 Å². The molecule has 1 heterocycles. The van der Waals surface area contributed by atoms with Crippen molar-refractivity contribution in [1.29, 1.82) is 0 Å². The molecule has 1 aliphatic heterocycles. The van der Waals surface area contributed by atoms with Gasteiger partial charge in [-0.3, -0.25) is 0 Å². The van der Waals surface area contributed by atoms with E-state index in [2.05, 4.69) is 11.5 Å². The fraction of sp³-hybridized carbons (Fsp3) is 0.455. The van der Waals surface area contributed by atoms with Crippen molar-refractivity contribution in [3.8, 4) is 0 Å². The van der Waals surface area contributed by atoms with Gasteiger partial charge in [-0.25, -0.2) is 0 Å². The minimum atomic E-state index is -1.48. The largest absolute Gasteiger partial charge is 0.490 e. The smallest absolute Gasteiger partial charge is 0.423 e. The van der Waals surface area contributed by atoms with Crippen LogP contribution in [0.5, 0.6) is 0 Å². The molecule has 2 N–H and O–H groups in total. The quantitative estimate of drug-likeness (QED) is 0.533. The lowest BCUT2D eigenvalue weighted by Crippen LogP contribution is -2.38. The molecule has 88 valence electrons. The van der Waals surface area contributed by atoms with Gasteiger partial charge >= 0.3 is 7.12 Å². The van der Waals surface area contributed by atoms with E-state index in [4.69, 9.17) is 4.74 Å². The van der Waals surface area contributed by atoms with E-state index in [1.807, 2.05) is 13.0 Å². The predicted octanol–water partition coefficient (Wildman–Crippen LogP) is 0.347. The number of hydrogen-bond donors (Lipinski definition) is 2. The molecule has 0 aromatic carbocycles. The van der Waals surface area contributed by atoms with Crippen LogP contribution in [0.15, 0.2) is 36.0 Å². The minimum Gasteiger partial charge on any atom is -0.423 e. The Morgan fingerprint density at radius 3 is 2.44 bits per heavy atom. The lowest BCUT2D eigenvalue weighted by atomic mass is 9.76. The first kappa shape index (κ1) is 13.0. The topological polar surface area (TPSA) is 52.9 Å². The highest BCUT2D eigenvalue weighted by atomic mass is 16.5. The van der Waals surface area contributed by atoms with Crippen molar-refractivity contribution >= 4 is 7.12 Å². The molecule has 0 amide bonds. The molecule has 0 aromatic heterocycles. The molecule has 0 radical (unpaired) electrons. The molecule has 1 aliphatic rings. The second kappa shape index (κ2) is 6.53. The molecule has 1 saturated heterocycles. The van der Waals surface area contributed by atoms with Crippen LogP contribution in [0.4, 0.5) is 0 Å². The minimum absolute atomic E-state index is 0.472. The van der Waals surface area contributed by atoms with Crippen LogP contribution in [0.25, 0.3) is 0 Å². The molecule has 0 unspecified atom stereocenters. The van der Waals surface area contributed by atoms with Gasteiger partial charge in [-0.15, -0.1) is 0 Å². The first-order chi connectivity index (χ1) is 7.70. The summed E-state index contributed by atoms with van der Waals surface area (Å²) >= 11 is 0. The van der Waals surface area contributed by atoms with Crippen LogP contribution < -0.4 is 0 Å². The average Bonchev–Trinajstić information content (AvgIpc) is 2.30. The first-order valence-electron chi connectivity index (χ1n) is 5.38. The normalized spacial score (nSPS) is 18.6. The number of hydrogen-bond acceptors (Lipinski definition) is 4. The van der Waals surface area contributed by atoms with Gasteiger partial charge in [0.1, 0.15) is 0 Å². The second-order valence-corrected chi connectivity index (χ2v) is 3.50. The molecule has 0 aromatic rings. The molecular weight excluding hydrogens is 205 g/mol. The fourth-order valence-corrected chi connectivity index (χ4v) is 1.77. The number of ether oxygens (including phenoxy) is 1. The van der Waals surface area contributed by atoms with Gasteiger partial charge in [-0.2, -0.15) is 0 Å². The number of morpholine rings is 1. The summed E-state index contributed by atoms with van der Waals surface area (Å²) in [4.78, 5) is 2.08. The van der Waals surface area contributed by atoms with Crippen LogP contribution >= 0.6 is 0 Å². The van der Waals surface area contributed by atoms with E-state index in [1.165, 1.54) is 0 Å². The molecule has 0 saturated carbocycles. The van der Waals surface area contributed by atoms with E-state index in [-0.39, 0.29) is 0 Å². The number of allylic oxidation sites excluding steroid dienone is 4. The summed E-state index contributed by atoms with van der Waals surface area (Å²) in [5.41, 5.74) is 1.30. The first-order valence-corrected chi connectivity index (χ1v) is 5.38. The van der Waals surface area contributed by atoms with Gasteiger partial charge < -0.3 is 19.7 Å². The molecule has 0 spiro atoms. The Morgan fingerprint density at radius 2 is 2.00 bits per heavy atom. The van der Waals surface area contributed by atoms with Gasteiger partial charge in [-0.05, 0) is 6.92 Å². The maximum absolute atomic E-state index is 9.32. The van der Waals surface area contributed by atoms with Crippen LogP contribution in [0, 0.1) is 0 Å². The van der Waals surface area contributed by atoms with Crippen molar-refractivity contribution in [3.63, 3.8) is 0 Å². The van der Waals surface area contributed by atoms with Crippen LogP contribution in [-0.2, 0) is 4.74 Å². The van der Waals surface area contributed by atoms with E-state index >= 15 is 0 Å². The molecule has 0 aliphatic carbocycles. The summed E-state index contributed by atoms with van der Waals surface area (Å²) in [6.07, 6.45) is 5.05. The Morgan fingerprint density at radius 1 is 1.38 bits per heavy atom. The second-order valence-electron chi connectivity index (χ2n) is 3.50. The van der Waals surface area contributed by atoms with E-state index in [9.17, 15) is 10.0 Å². The Hall–Kier alpha value is -1.04. The monoisotopic (exact) mass is 223 g/mol. The summed E-state index contributed by atoms with van der Waals surface area (Å²) in [5.74, 6) is 0. The highest BCUT2D eigenvalue weighted by Crippen LogP contribution is 2.18.